The van der Waals surface area contributed by atoms with Gasteiger partial charge >= 0.3 is 0 Å². The molecule has 4 nitrogen and oxygen atoms in total. The van der Waals surface area contributed by atoms with Crippen LogP contribution in [0.15, 0.2) is 48.5 Å². The number of thiophene rings is 1. The summed E-state index contributed by atoms with van der Waals surface area (Å²) in [5, 5.41) is 6.61. The maximum Gasteiger partial charge on any atom is 0.263 e. The lowest BCUT2D eigenvalue weighted by Crippen LogP contribution is -2.32. The van der Waals surface area contributed by atoms with Crippen molar-refractivity contribution in [2.45, 2.75) is 6.92 Å². The lowest BCUT2D eigenvalue weighted by molar-refractivity contribution is -0.115. The van der Waals surface area contributed by atoms with E-state index in [0.29, 0.717) is 15.6 Å². The molecule has 1 aromatic heterocycles. The van der Waals surface area contributed by atoms with Gasteiger partial charge in [0.15, 0.2) is 0 Å². The number of aryl methyl sites for hydroxylation is 1. The molecule has 0 aliphatic heterocycles. The van der Waals surface area contributed by atoms with Gasteiger partial charge in [-0.3, -0.25) is 9.59 Å². The zero-order chi connectivity index (χ0) is 17.1. The third kappa shape index (κ3) is 3.58. The Bertz CT molecular complexity index is 903. The van der Waals surface area contributed by atoms with Gasteiger partial charge in [-0.25, -0.2) is 0 Å². The lowest BCUT2D eigenvalue weighted by atomic mass is 10.2. The van der Waals surface area contributed by atoms with Crippen molar-refractivity contribution in [2.24, 2.45) is 0 Å². The Kier molecular flexibility index (Phi) is 4.83. The zero-order valence-corrected chi connectivity index (χ0v) is 14.5. The predicted molar refractivity (Wildman–Crippen MR) is 99.0 cm³/mol. The van der Waals surface area contributed by atoms with Crippen LogP contribution in [0.2, 0.25) is 5.02 Å². The Morgan fingerprint density at radius 3 is 2.50 bits per heavy atom. The summed E-state index contributed by atoms with van der Waals surface area (Å²) in [4.78, 5) is 24.6. The number of carbonyl (C=O) groups excluding carboxylic acids is 2. The van der Waals surface area contributed by atoms with Crippen molar-refractivity contribution < 1.29 is 9.59 Å². The number of nitrogens with one attached hydrogen (secondary N) is 2. The minimum Gasteiger partial charge on any atom is -0.342 e. The van der Waals surface area contributed by atoms with Crippen molar-refractivity contribution in [1.29, 1.82) is 0 Å². The van der Waals surface area contributed by atoms with Crippen molar-refractivity contribution in [3.63, 3.8) is 0 Å². The summed E-state index contributed by atoms with van der Waals surface area (Å²) in [7, 11) is 0. The van der Waals surface area contributed by atoms with E-state index in [-0.39, 0.29) is 18.4 Å². The first-order chi connectivity index (χ1) is 11.5. The minimum absolute atomic E-state index is 0.114. The van der Waals surface area contributed by atoms with E-state index in [2.05, 4.69) is 10.6 Å². The smallest absolute Gasteiger partial charge is 0.263 e. The highest BCUT2D eigenvalue weighted by Gasteiger charge is 2.17. The summed E-state index contributed by atoms with van der Waals surface area (Å²) in [6.07, 6.45) is 0. The van der Waals surface area contributed by atoms with Crippen molar-refractivity contribution in [3.8, 4) is 0 Å². The van der Waals surface area contributed by atoms with E-state index >= 15 is 0 Å². The van der Waals surface area contributed by atoms with Gasteiger partial charge in [-0.15, -0.1) is 11.3 Å². The number of fused-ring (bicyclic) bond motifs is 1. The molecule has 1 heterocycles. The average Bonchev–Trinajstić information content (AvgIpc) is 2.92. The van der Waals surface area contributed by atoms with Crippen molar-refractivity contribution in [2.75, 3.05) is 11.9 Å². The molecular weight excluding hydrogens is 344 g/mol. The van der Waals surface area contributed by atoms with Crippen LogP contribution < -0.4 is 10.6 Å². The number of benzene rings is 2. The summed E-state index contributed by atoms with van der Waals surface area (Å²) in [5.74, 6) is -0.635. The molecule has 6 heteroatoms. The summed E-state index contributed by atoms with van der Waals surface area (Å²) < 4.78 is 0.941. The first-order valence-corrected chi connectivity index (χ1v) is 8.56. The van der Waals surface area contributed by atoms with Crippen LogP contribution in [0.3, 0.4) is 0 Å². The normalized spacial score (nSPS) is 10.6. The second-order valence-electron chi connectivity index (χ2n) is 5.34. The molecule has 122 valence electrons. The fourth-order valence-electron chi connectivity index (χ4n) is 2.24. The molecule has 24 heavy (non-hydrogen) atoms. The van der Waals surface area contributed by atoms with Gasteiger partial charge < -0.3 is 10.6 Å². The molecule has 0 aliphatic carbocycles. The number of carbonyl (C=O) groups is 2. The van der Waals surface area contributed by atoms with E-state index in [1.165, 1.54) is 11.3 Å². The van der Waals surface area contributed by atoms with Gasteiger partial charge in [0.05, 0.1) is 11.6 Å². The van der Waals surface area contributed by atoms with Gasteiger partial charge in [-0.2, -0.15) is 0 Å². The molecule has 0 saturated carbocycles. The van der Waals surface area contributed by atoms with Crippen LogP contribution in [0.1, 0.15) is 15.2 Å². The van der Waals surface area contributed by atoms with E-state index in [0.717, 1.165) is 15.6 Å². The van der Waals surface area contributed by atoms with Gasteiger partial charge in [0.25, 0.3) is 5.91 Å². The van der Waals surface area contributed by atoms with E-state index in [1.54, 1.807) is 0 Å². The third-order valence-corrected chi connectivity index (χ3v) is 5.16. The van der Waals surface area contributed by atoms with Crippen LogP contribution >= 0.6 is 22.9 Å². The molecule has 0 aliphatic rings. The summed E-state index contributed by atoms with van der Waals surface area (Å²) in [5.41, 5.74) is 1.81. The number of rotatable bonds is 4. The van der Waals surface area contributed by atoms with Crippen LogP contribution in [0, 0.1) is 6.92 Å². The van der Waals surface area contributed by atoms with Gasteiger partial charge in [-0.05, 0) is 25.1 Å². The van der Waals surface area contributed by atoms with E-state index in [4.69, 9.17) is 11.6 Å². The van der Waals surface area contributed by atoms with Gasteiger partial charge in [0.2, 0.25) is 5.91 Å². The number of amides is 2. The predicted octanol–water partition coefficient (Wildman–Crippen LogP) is 4.23. The van der Waals surface area contributed by atoms with Crippen LogP contribution in [-0.4, -0.2) is 18.4 Å². The zero-order valence-electron chi connectivity index (χ0n) is 12.9. The Morgan fingerprint density at radius 2 is 1.79 bits per heavy atom. The third-order valence-electron chi connectivity index (χ3n) is 3.49. The SMILES string of the molecule is Cc1ccc(NC(=O)CNC(=O)c2sc3ccccc3c2Cl)cc1. The molecule has 0 saturated heterocycles. The van der Waals surface area contributed by atoms with Gasteiger partial charge in [0, 0.05) is 15.8 Å². The Hall–Kier alpha value is -2.37. The minimum atomic E-state index is -0.347. The van der Waals surface area contributed by atoms with Crippen molar-refractivity contribution in [1.82, 2.24) is 5.32 Å². The van der Waals surface area contributed by atoms with Crippen molar-refractivity contribution >= 4 is 50.5 Å². The first kappa shape index (κ1) is 16.5. The number of anilines is 1. The maximum atomic E-state index is 12.3. The molecule has 0 fully saturated rings. The molecule has 2 aromatic carbocycles. The Labute approximate surface area is 148 Å². The maximum absolute atomic E-state index is 12.3. The summed E-state index contributed by atoms with van der Waals surface area (Å²) in [6.45, 7) is 1.86. The highest BCUT2D eigenvalue weighted by molar-refractivity contribution is 7.21. The molecule has 3 aromatic rings. The van der Waals surface area contributed by atoms with E-state index in [9.17, 15) is 9.59 Å². The van der Waals surface area contributed by atoms with Crippen molar-refractivity contribution in [3.05, 3.63) is 64.0 Å². The molecular formula is C18H15ClN2O2S. The Balaban J connectivity index is 1.63. The highest BCUT2D eigenvalue weighted by Crippen LogP contribution is 2.34. The van der Waals surface area contributed by atoms with E-state index < -0.39 is 0 Å². The summed E-state index contributed by atoms with van der Waals surface area (Å²) >= 11 is 7.57. The van der Waals surface area contributed by atoms with Gasteiger partial charge in [0.1, 0.15) is 4.88 Å². The molecule has 2 amide bonds. The standard InChI is InChI=1S/C18H15ClN2O2S/c1-11-6-8-12(9-7-11)21-15(22)10-20-18(23)17-16(19)13-4-2-3-5-14(13)24-17/h2-9H,10H2,1H3,(H,20,23)(H,21,22). The molecule has 2 N–H and O–H groups in total. The second-order valence-corrected chi connectivity index (χ2v) is 6.77. The van der Waals surface area contributed by atoms with Crippen LogP contribution in [0.4, 0.5) is 5.69 Å². The fraction of sp³-hybridized carbons (Fsp3) is 0.111. The molecule has 0 unspecified atom stereocenters. The van der Waals surface area contributed by atoms with E-state index in [1.807, 2.05) is 55.5 Å². The molecule has 0 spiro atoms. The van der Waals surface area contributed by atoms with Crippen LogP contribution in [-0.2, 0) is 4.79 Å². The number of halogens is 1. The van der Waals surface area contributed by atoms with Crippen LogP contribution in [0.5, 0.6) is 0 Å². The first-order valence-electron chi connectivity index (χ1n) is 7.36. The monoisotopic (exact) mass is 358 g/mol. The quantitative estimate of drug-likeness (QED) is 0.733. The molecule has 0 atom stereocenters. The highest BCUT2D eigenvalue weighted by atomic mass is 35.5. The fourth-order valence-corrected chi connectivity index (χ4v) is 3.68. The second kappa shape index (κ2) is 7.03. The van der Waals surface area contributed by atoms with Gasteiger partial charge in [-0.1, -0.05) is 47.5 Å². The molecule has 0 bridgehead atoms. The summed E-state index contributed by atoms with van der Waals surface area (Å²) in [6, 6.07) is 15.0. The Morgan fingerprint density at radius 1 is 1.08 bits per heavy atom. The number of hydrogen-bond donors (Lipinski definition) is 2. The largest absolute Gasteiger partial charge is 0.342 e. The lowest BCUT2D eigenvalue weighted by Gasteiger charge is -2.06. The molecule has 0 radical (unpaired) electrons. The number of hydrogen-bond acceptors (Lipinski definition) is 3. The topological polar surface area (TPSA) is 58.2 Å². The average molecular weight is 359 g/mol. The molecule has 3 rings (SSSR count). The van der Waals surface area contributed by atoms with Crippen LogP contribution in [0.25, 0.3) is 10.1 Å².